The fraction of sp³-hybridized carbons (Fsp3) is 1.00. The molecule has 0 saturated carbocycles. The Bertz CT molecular complexity index is 64.5. The summed E-state index contributed by atoms with van der Waals surface area (Å²) in [5.41, 5.74) is 0. The number of alkyl halides is 7. The monoisotopic (exact) mass is 402 g/mol. The molecule has 0 heterocycles. The molecule has 0 fully saturated rings. The first kappa shape index (κ1) is 65.6. The zero-order valence-electron chi connectivity index (χ0n) is 10.5. The molecule has 0 radical (unpaired) electrons. The quantitative estimate of drug-likeness (QED) is 0.459. The Balaban J connectivity index is -0.0000000120. The van der Waals surface area contributed by atoms with Crippen LogP contribution in [0.3, 0.4) is 0 Å². The van der Waals surface area contributed by atoms with Gasteiger partial charge in [-0.1, -0.05) is 29.7 Å². The molecule has 0 unspecified atom stereocenters. The van der Waals surface area contributed by atoms with Gasteiger partial charge in [0.1, 0.15) is 0 Å². The summed E-state index contributed by atoms with van der Waals surface area (Å²) in [6, 6.07) is 0. The third kappa shape index (κ3) is 1810. The maximum Gasteiger partial charge on any atom is 0.229 e. The molecule has 0 amide bonds. The van der Waals surface area contributed by atoms with Crippen LogP contribution in [0, 0.1) is 0 Å². The maximum absolute atomic E-state index is 10.3. The van der Waals surface area contributed by atoms with Gasteiger partial charge in [0.2, 0.25) is 27.5 Å². The number of hydrogen-bond acceptors (Lipinski definition) is 3. The summed E-state index contributed by atoms with van der Waals surface area (Å²) in [6.45, 7) is -4.58. The highest BCUT2D eigenvalue weighted by molar-refractivity contribution is 3.86. The second-order valence-electron chi connectivity index (χ2n) is 1.02. The molecule has 164 valence electrons. The van der Waals surface area contributed by atoms with Crippen molar-refractivity contribution in [2.24, 2.45) is 0 Å². The van der Waals surface area contributed by atoms with E-state index in [9.17, 15) is 44.3 Å². The molecule has 13 heteroatoms. The molecule has 0 aliphatic heterocycles. The summed E-state index contributed by atoms with van der Waals surface area (Å²) < 4.78 is 99.0. The van der Waals surface area contributed by atoms with E-state index in [-0.39, 0.29) is 36.4 Å². The van der Waals surface area contributed by atoms with Gasteiger partial charge in [-0.3, -0.25) is 8.78 Å². The molecular formula is C11H32F10O3. The normalized spacial score (nSPS) is 5.50. The molecule has 0 aliphatic carbocycles. The minimum Gasteiger partial charge on any atom is -0.255 e. The lowest BCUT2D eigenvalue weighted by molar-refractivity contribution is -0.167. The third-order valence-electron chi connectivity index (χ3n) is 0.124. The van der Waals surface area contributed by atoms with Gasteiger partial charge in [-0.15, -0.1) is 0 Å². The van der Waals surface area contributed by atoms with E-state index in [4.69, 9.17) is 0 Å². The van der Waals surface area contributed by atoms with Gasteiger partial charge in [0.05, 0.1) is 13.9 Å². The van der Waals surface area contributed by atoms with Crippen molar-refractivity contribution in [2.45, 2.75) is 36.6 Å². The molecule has 0 aliphatic rings. The highest BCUT2D eigenvalue weighted by Crippen LogP contribution is 1.68. The van der Waals surface area contributed by atoms with Crippen molar-refractivity contribution in [2.75, 3.05) is 41.4 Å². The van der Waals surface area contributed by atoms with Crippen LogP contribution >= 0.6 is 0 Å². The number of rotatable bonds is 3. The van der Waals surface area contributed by atoms with Crippen LogP contribution in [0.4, 0.5) is 44.3 Å². The molecule has 0 saturated heterocycles. The largest absolute Gasteiger partial charge is 0.255 e. The first-order valence-corrected chi connectivity index (χ1v) is 4.02. The van der Waals surface area contributed by atoms with E-state index in [0.717, 1.165) is 0 Å². The average molecular weight is 402 g/mol. The van der Waals surface area contributed by atoms with E-state index in [1.807, 2.05) is 0 Å². The Kier molecular flexibility index (Phi) is 528. The minimum absolute atomic E-state index is 0. The molecule has 0 bridgehead atoms. The Morgan fingerprint density at radius 1 is 0.542 bits per heavy atom. The second-order valence-corrected chi connectivity index (χ2v) is 1.02. The summed E-state index contributed by atoms with van der Waals surface area (Å²) in [7, 11) is 0.500. The lowest BCUT2D eigenvalue weighted by Gasteiger charge is -1.64. The maximum atomic E-state index is 10.3. The van der Waals surface area contributed by atoms with E-state index >= 15 is 0 Å². The fourth-order valence-electron chi connectivity index (χ4n) is 0. The van der Waals surface area contributed by atoms with E-state index in [1.165, 1.54) is 6.92 Å². The molecule has 24 heavy (non-hydrogen) atoms. The van der Waals surface area contributed by atoms with Crippen LogP contribution in [0.2, 0.25) is 0 Å². The molecule has 0 spiro atoms. The van der Waals surface area contributed by atoms with E-state index in [1.54, 1.807) is 0 Å². The van der Waals surface area contributed by atoms with Crippen molar-refractivity contribution >= 4 is 0 Å². The van der Waals surface area contributed by atoms with Gasteiger partial charge in [-0.2, -0.15) is 14.8 Å². The predicted molar refractivity (Wildman–Crippen MR) is 77.2 cm³/mol. The van der Waals surface area contributed by atoms with Crippen molar-refractivity contribution in [1.29, 1.82) is 0 Å². The zero-order chi connectivity index (χ0) is 17.7. The topological polar surface area (TPSA) is 27.7 Å². The number of halogens is 10. The van der Waals surface area contributed by atoms with Crippen molar-refractivity contribution in [1.82, 2.24) is 0 Å². The number of hydrogen-bond donors (Lipinski definition) is 0. The lowest BCUT2D eigenvalue weighted by Crippen LogP contribution is -1.63. The van der Waals surface area contributed by atoms with Crippen LogP contribution in [0.15, 0.2) is 0 Å². The first-order valence-electron chi connectivity index (χ1n) is 4.02. The summed E-state index contributed by atoms with van der Waals surface area (Å²) in [4.78, 5) is 7.12. The summed E-state index contributed by atoms with van der Waals surface area (Å²) in [6.07, 6.45) is 0. The van der Waals surface area contributed by atoms with E-state index < -0.39 is 27.5 Å². The molecule has 0 atom stereocenters. The van der Waals surface area contributed by atoms with Crippen molar-refractivity contribution in [3.05, 3.63) is 0 Å². The Hall–Kier alpha value is -0.820. The SMILES string of the molecule is C.C.C.C.CCF.CF.FCF.FCOF.FCOF.FCOF. The van der Waals surface area contributed by atoms with Gasteiger partial charge in [-0.25, -0.2) is 22.0 Å². The van der Waals surface area contributed by atoms with Gasteiger partial charge in [-0.05, 0) is 20.5 Å². The summed E-state index contributed by atoms with van der Waals surface area (Å²) in [5, 5.41) is 0. The minimum atomic E-state index is -1.75. The van der Waals surface area contributed by atoms with Gasteiger partial charge < -0.3 is 0 Å². The first-order chi connectivity index (χ1) is 9.57. The standard InChI is InChI=1S/C2H5F.3CH2F2O.CH2F2.CH3F.4CH4/c1-2-3;3*2-1-4-3;2-1-3;1-2;;;;/h2H2,1H3;3*1H2;1H2;1H3;4*1H4. The Morgan fingerprint density at radius 2 is 0.583 bits per heavy atom. The molecule has 3 nitrogen and oxygen atoms in total. The van der Waals surface area contributed by atoms with Gasteiger partial charge >= 0.3 is 0 Å². The Labute approximate surface area is 138 Å². The zero-order valence-corrected chi connectivity index (χ0v) is 10.5. The summed E-state index contributed by atoms with van der Waals surface area (Å²) >= 11 is 0. The molecule has 0 N–H and O–H groups in total. The van der Waals surface area contributed by atoms with E-state index in [0.29, 0.717) is 7.18 Å². The predicted octanol–water partition coefficient (Wildman–Crippen LogP) is 7.43. The van der Waals surface area contributed by atoms with Crippen molar-refractivity contribution in [3.8, 4) is 0 Å². The molecule has 0 aromatic heterocycles. The molecule has 0 aromatic carbocycles. The Morgan fingerprint density at radius 3 is 0.583 bits per heavy atom. The summed E-state index contributed by atoms with van der Waals surface area (Å²) in [5.74, 6) is 0. The smallest absolute Gasteiger partial charge is 0.229 e. The van der Waals surface area contributed by atoms with Gasteiger partial charge in [0.25, 0.3) is 0 Å². The lowest BCUT2D eigenvalue weighted by atomic mass is 10.9. The van der Waals surface area contributed by atoms with Gasteiger partial charge in [0.15, 0.2) is 0 Å². The third-order valence-corrected chi connectivity index (χ3v) is 0.124. The molecular weight excluding hydrogens is 370 g/mol. The van der Waals surface area contributed by atoms with Crippen LogP contribution < -0.4 is 0 Å². The highest BCUT2D eigenvalue weighted by atomic mass is 19.3. The molecule has 0 aromatic rings. The highest BCUT2D eigenvalue weighted by Gasteiger charge is 1.63. The van der Waals surface area contributed by atoms with Crippen LogP contribution in [-0.4, -0.2) is 41.4 Å². The fourth-order valence-corrected chi connectivity index (χ4v) is 0. The van der Waals surface area contributed by atoms with Gasteiger partial charge in [0, 0.05) is 0 Å². The van der Waals surface area contributed by atoms with E-state index in [2.05, 4.69) is 14.8 Å². The second kappa shape index (κ2) is 193. The van der Waals surface area contributed by atoms with Crippen LogP contribution in [0.25, 0.3) is 0 Å². The van der Waals surface area contributed by atoms with Crippen molar-refractivity contribution < 1.29 is 59.1 Å². The van der Waals surface area contributed by atoms with Crippen molar-refractivity contribution in [3.63, 3.8) is 0 Å². The molecule has 0 rings (SSSR count). The van der Waals surface area contributed by atoms with Crippen LogP contribution in [0.5, 0.6) is 0 Å². The average Bonchev–Trinajstić information content (AvgIpc) is 2.51. The van der Waals surface area contributed by atoms with Crippen LogP contribution in [-0.2, 0) is 14.8 Å². The van der Waals surface area contributed by atoms with Crippen LogP contribution in [0.1, 0.15) is 36.6 Å².